The van der Waals surface area contributed by atoms with Crippen molar-refractivity contribution in [3.05, 3.63) is 60.2 Å². The van der Waals surface area contributed by atoms with Gasteiger partial charge < -0.3 is 29.3 Å². The van der Waals surface area contributed by atoms with Gasteiger partial charge >= 0.3 is 5.97 Å². The fourth-order valence-electron chi connectivity index (χ4n) is 7.26. The highest BCUT2D eigenvalue weighted by atomic mass is 16.6. The van der Waals surface area contributed by atoms with E-state index in [1.165, 1.54) is 4.90 Å². The Kier molecular flexibility index (Phi) is 9.05. The summed E-state index contributed by atoms with van der Waals surface area (Å²) < 4.78 is 12.8. The smallest absolute Gasteiger partial charge is 0.313 e. The number of carbonyl (C=O) groups excluding carboxylic acids is 4. The number of aliphatic hydroxyl groups excluding tert-OH is 1. The highest BCUT2D eigenvalue weighted by molar-refractivity contribution is 5.99. The molecule has 10 nitrogen and oxygen atoms in total. The summed E-state index contributed by atoms with van der Waals surface area (Å²) in [5.74, 6) is -3.59. The van der Waals surface area contributed by atoms with Gasteiger partial charge in [0.15, 0.2) is 0 Å². The lowest BCUT2D eigenvalue weighted by atomic mass is 9.74. The summed E-state index contributed by atoms with van der Waals surface area (Å²) in [5, 5.41) is 10.5. The number of likely N-dealkylation sites (N-methyl/N-ethyl adjacent to an activating group) is 1. The summed E-state index contributed by atoms with van der Waals surface area (Å²) >= 11 is 0. The monoisotopic (exact) mass is 607 g/mol. The van der Waals surface area contributed by atoms with Crippen molar-refractivity contribution in [3.63, 3.8) is 0 Å². The molecule has 2 fully saturated rings. The zero-order valence-corrected chi connectivity index (χ0v) is 26.5. The molecule has 1 spiro atoms. The summed E-state index contributed by atoms with van der Waals surface area (Å²) in [5.41, 5.74) is -0.656. The van der Waals surface area contributed by atoms with E-state index in [0.29, 0.717) is 6.42 Å². The number of aliphatic hydroxyl groups is 1. The highest BCUT2D eigenvalue weighted by Gasteiger charge is 2.74. The van der Waals surface area contributed by atoms with Crippen LogP contribution >= 0.6 is 0 Å². The molecule has 3 amide bonds. The van der Waals surface area contributed by atoms with Gasteiger partial charge in [0, 0.05) is 26.1 Å². The van der Waals surface area contributed by atoms with Crippen LogP contribution in [0.2, 0.25) is 0 Å². The molecule has 5 rings (SSSR count). The van der Waals surface area contributed by atoms with Crippen LogP contribution in [0, 0.1) is 17.8 Å². The number of amides is 3. The van der Waals surface area contributed by atoms with Crippen LogP contribution < -0.4 is 0 Å². The second-order valence-electron chi connectivity index (χ2n) is 13.0. The van der Waals surface area contributed by atoms with Gasteiger partial charge in [-0.1, -0.05) is 68.5 Å². The van der Waals surface area contributed by atoms with Gasteiger partial charge in [0.05, 0.1) is 30.7 Å². The maximum absolute atomic E-state index is 14.5. The van der Waals surface area contributed by atoms with E-state index in [0.717, 1.165) is 5.56 Å². The number of rotatable bonds is 5. The van der Waals surface area contributed by atoms with Crippen LogP contribution in [0.5, 0.6) is 0 Å². The van der Waals surface area contributed by atoms with E-state index >= 15 is 0 Å². The fraction of sp³-hybridized carbons (Fsp3) is 0.588. The molecule has 1 N–H and O–H groups in total. The van der Waals surface area contributed by atoms with Crippen molar-refractivity contribution in [2.45, 2.75) is 89.4 Å². The van der Waals surface area contributed by atoms with Crippen molar-refractivity contribution in [2.24, 2.45) is 17.8 Å². The number of cyclic esters (lactones) is 1. The zero-order chi connectivity index (χ0) is 31.9. The minimum Gasteiger partial charge on any atom is -0.455 e. The van der Waals surface area contributed by atoms with Crippen molar-refractivity contribution in [3.8, 4) is 0 Å². The molecule has 4 heterocycles. The minimum atomic E-state index is -1.38. The third-order valence-corrected chi connectivity index (χ3v) is 9.85. The van der Waals surface area contributed by atoms with Gasteiger partial charge in [-0.3, -0.25) is 19.2 Å². The molecule has 5 bridgehead atoms. The van der Waals surface area contributed by atoms with Gasteiger partial charge in [0.25, 0.3) is 0 Å². The van der Waals surface area contributed by atoms with E-state index in [4.69, 9.17) is 9.47 Å². The first-order chi connectivity index (χ1) is 20.9. The number of fused-ring (bicyclic) bond motifs is 2. The Hall–Kier alpha value is -3.50. The molecule has 8 atom stereocenters. The van der Waals surface area contributed by atoms with Gasteiger partial charge in [-0.15, -0.1) is 0 Å². The number of likely N-dealkylation sites (tertiary alicyclic amines) is 1. The standard InChI is InChI=1S/C34H45N3O7/c1-20(2)24(19-38)37-30-32(41)36(21(3)4)18-12-8-11-15-26(39)35(6)22(5)29(23-13-9-7-10-14-23)43-33(42)27-25-16-17-34(30,44-25)28(27)31(37)40/h7-10,12-14,16-17,20-22,24-25,27-30,38H,11,15,18-19H2,1-6H3/b12-8-/t22-,24-,25+,27-,28-,29+,30+,34-/m0/s1. The third kappa shape index (κ3) is 5.26. The molecule has 0 aromatic heterocycles. The summed E-state index contributed by atoms with van der Waals surface area (Å²) in [4.78, 5) is 61.2. The van der Waals surface area contributed by atoms with Gasteiger partial charge in [0.1, 0.15) is 23.7 Å². The molecule has 1 aromatic carbocycles. The predicted octanol–water partition coefficient (Wildman–Crippen LogP) is 2.87. The van der Waals surface area contributed by atoms with Gasteiger partial charge in [-0.2, -0.15) is 0 Å². The average molecular weight is 608 g/mol. The molecule has 238 valence electrons. The van der Waals surface area contributed by atoms with Crippen LogP contribution in [0.4, 0.5) is 0 Å². The lowest BCUT2D eigenvalue weighted by molar-refractivity contribution is -0.164. The number of allylic oxidation sites excluding steroid dienone is 1. The maximum atomic E-state index is 14.5. The number of hydrogen-bond acceptors (Lipinski definition) is 7. The first kappa shape index (κ1) is 31.9. The third-order valence-electron chi connectivity index (χ3n) is 9.85. The second kappa shape index (κ2) is 12.5. The molecule has 10 heteroatoms. The predicted molar refractivity (Wildman–Crippen MR) is 163 cm³/mol. The van der Waals surface area contributed by atoms with Crippen LogP contribution in [0.15, 0.2) is 54.6 Å². The lowest BCUT2D eigenvalue weighted by Gasteiger charge is -2.41. The van der Waals surface area contributed by atoms with Crippen molar-refractivity contribution in [2.75, 3.05) is 20.2 Å². The minimum absolute atomic E-state index is 0.0982. The second-order valence-corrected chi connectivity index (χ2v) is 13.0. The molecule has 4 aliphatic rings. The van der Waals surface area contributed by atoms with E-state index in [1.807, 2.05) is 77.1 Å². The molecule has 4 aliphatic heterocycles. The van der Waals surface area contributed by atoms with Crippen molar-refractivity contribution < 1.29 is 33.8 Å². The number of ether oxygens (including phenoxy) is 2. The van der Waals surface area contributed by atoms with Crippen molar-refractivity contribution >= 4 is 23.7 Å². The van der Waals surface area contributed by atoms with Crippen molar-refractivity contribution in [1.82, 2.24) is 14.7 Å². The van der Waals surface area contributed by atoms with Gasteiger partial charge in [-0.25, -0.2) is 0 Å². The van der Waals surface area contributed by atoms with E-state index < -0.39 is 59.6 Å². The largest absolute Gasteiger partial charge is 0.455 e. The Morgan fingerprint density at radius 1 is 1.02 bits per heavy atom. The molecule has 2 saturated heterocycles. The Morgan fingerprint density at radius 2 is 1.73 bits per heavy atom. The quantitative estimate of drug-likeness (QED) is 0.404. The van der Waals surface area contributed by atoms with Gasteiger partial charge in [-0.05, 0) is 38.7 Å². The summed E-state index contributed by atoms with van der Waals surface area (Å²) in [6, 6.07) is 6.82. The fourth-order valence-corrected chi connectivity index (χ4v) is 7.26. The van der Waals surface area contributed by atoms with Crippen LogP contribution in [0.3, 0.4) is 0 Å². The Balaban J connectivity index is 1.63. The topological polar surface area (TPSA) is 117 Å². The number of hydrogen-bond donors (Lipinski definition) is 1. The van der Waals surface area contributed by atoms with Gasteiger partial charge in [0.2, 0.25) is 17.7 Å². The SMILES string of the molecule is CC(C)[C@H](CO)N1C(=O)[C@@H]2[C@H]3C(=O)O[C@@H](c4ccccc4)[C@H](C)N(C)C(=O)CC/C=C\CN(C(C)C)C(=O)[C@@H]1[C@]21C=C[C@H]3O1. The van der Waals surface area contributed by atoms with E-state index in [-0.39, 0.29) is 43.3 Å². The van der Waals surface area contributed by atoms with Crippen LogP contribution in [-0.4, -0.2) is 99.6 Å². The Bertz CT molecular complexity index is 1330. The lowest BCUT2D eigenvalue weighted by Crippen LogP contribution is -2.60. The van der Waals surface area contributed by atoms with Crippen molar-refractivity contribution in [1.29, 1.82) is 0 Å². The van der Waals surface area contributed by atoms with Crippen LogP contribution in [0.1, 0.15) is 59.1 Å². The first-order valence-electron chi connectivity index (χ1n) is 15.7. The molecular weight excluding hydrogens is 562 g/mol. The molecule has 1 aromatic rings. The number of esters is 1. The summed E-state index contributed by atoms with van der Waals surface area (Å²) in [6.45, 7) is 9.38. The average Bonchev–Trinajstić information content (AvgIpc) is 3.64. The zero-order valence-electron chi connectivity index (χ0n) is 26.5. The molecule has 0 unspecified atom stereocenters. The molecule has 0 aliphatic carbocycles. The first-order valence-corrected chi connectivity index (χ1v) is 15.7. The number of nitrogens with zero attached hydrogens (tertiary/aromatic N) is 3. The highest BCUT2D eigenvalue weighted by Crippen LogP contribution is 2.56. The van der Waals surface area contributed by atoms with E-state index in [9.17, 15) is 24.3 Å². The van der Waals surface area contributed by atoms with Crippen LogP contribution in [0.25, 0.3) is 0 Å². The summed E-state index contributed by atoms with van der Waals surface area (Å²) in [7, 11) is 1.70. The molecular formula is C34H45N3O7. The van der Waals surface area contributed by atoms with E-state index in [1.54, 1.807) is 29.0 Å². The van der Waals surface area contributed by atoms with Crippen LogP contribution in [-0.2, 0) is 28.7 Å². The number of carbonyl (C=O) groups is 4. The number of benzene rings is 1. The molecule has 44 heavy (non-hydrogen) atoms. The summed E-state index contributed by atoms with van der Waals surface area (Å²) in [6.07, 6.45) is 6.47. The Labute approximate surface area is 259 Å². The van der Waals surface area contributed by atoms with E-state index in [2.05, 4.69) is 0 Å². The maximum Gasteiger partial charge on any atom is 0.313 e. The molecule has 0 saturated carbocycles. The molecule has 0 radical (unpaired) electrons. The Morgan fingerprint density at radius 3 is 2.36 bits per heavy atom. The normalized spacial score (nSPS) is 34.2.